The third kappa shape index (κ3) is 2.17. The molecule has 0 amide bonds. The number of nitrogens with one attached hydrogen (secondary N) is 1. The van der Waals surface area contributed by atoms with Gasteiger partial charge in [0, 0.05) is 10.5 Å². The van der Waals surface area contributed by atoms with E-state index in [0.29, 0.717) is 6.04 Å². The Labute approximate surface area is 106 Å². The second kappa shape index (κ2) is 4.86. The van der Waals surface area contributed by atoms with E-state index < -0.39 is 0 Å². The van der Waals surface area contributed by atoms with E-state index in [1.54, 1.807) is 0 Å². The molecular weight excluding hydrogens is 264 g/mol. The van der Waals surface area contributed by atoms with Crippen LogP contribution in [0.15, 0.2) is 28.7 Å². The van der Waals surface area contributed by atoms with Crippen LogP contribution in [0.5, 0.6) is 0 Å². The number of hydrogen-bond donors (Lipinski definition) is 2. The van der Waals surface area contributed by atoms with Crippen LogP contribution in [0.4, 0.5) is 0 Å². The van der Waals surface area contributed by atoms with E-state index in [-0.39, 0.29) is 5.54 Å². The Hall–Kier alpha value is -0.380. The first kappa shape index (κ1) is 12.1. The van der Waals surface area contributed by atoms with Crippen LogP contribution in [0.1, 0.15) is 31.7 Å². The monoisotopic (exact) mass is 282 g/mol. The fourth-order valence-corrected chi connectivity index (χ4v) is 2.95. The van der Waals surface area contributed by atoms with Crippen LogP contribution in [0, 0.1) is 0 Å². The molecule has 1 unspecified atom stereocenters. The Morgan fingerprint density at radius 3 is 2.94 bits per heavy atom. The van der Waals surface area contributed by atoms with Crippen molar-refractivity contribution in [2.24, 2.45) is 5.73 Å². The molecule has 1 heterocycles. The van der Waals surface area contributed by atoms with Gasteiger partial charge in [-0.2, -0.15) is 0 Å². The molecule has 2 atom stereocenters. The van der Waals surface area contributed by atoms with Crippen LogP contribution in [-0.2, 0) is 5.54 Å². The van der Waals surface area contributed by atoms with Gasteiger partial charge >= 0.3 is 0 Å². The maximum absolute atomic E-state index is 6.61. The van der Waals surface area contributed by atoms with Crippen LogP contribution in [-0.4, -0.2) is 12.6 Å². The first-order valence-corrected chi connectivity index (χ1v) is 6.74. The molecule has 2 rings (SSSR count). The van der Waals surface area contributed by atoms with E-state index in [0.717, 1.165) is 17.4 Å². The molecule has 1 fully saturated rings. The minimum absolute atomic E-state index is 0.236. The largest absolute Gasteiger partial charge is 0.320 e. The van der Waals surface area contributed by atoms with E-state index in [1.165, 1.54) is 18.4 Å². The van der Waals surface area contributed by atoms with Gasteiger partial charge in [0.2, 0.25) is 0 Å². The molecule has 1 aliphatic heterocycles. The summed E-state index contributed by atoms with van der Waals surface area (Å²) in [5, 5.41) is 3.53. The van der Waals surface area contributed by atoms with Crippen LogP contribution in [0.3, 0.4) is 0 Å². The van der Waals surface area contributed by atoms with Crippen molar-refractivity contribution in [2.75, 3.05) is 6.54 Å². The van der Waals surface area contributed by atoms with Gasteiger partial charge in [0.05, 0.1) is 5.54 Å². The average molecular weight is 283 g/mol. The molecule has 3 heteroatoms. The number of halogens is 1. The molecule has 88 valence electrons. The summed E-state index contributed by atoms with van der Waals surface area (Å²) in [4.78, 5) is 0. The summed E-state index contributed by atoms with van der Waals surface area (Å²) in [6, 6.07) is 8.79. The minimum atomic E-state index is -0.236. The van der Waals surface area contributed by atoms with Gasteiger partial charge in [-0.3, -0.25) is 0 Å². The SMILES string of the molecule is CCC(N)(c1cccc(Br)c1)[C@@H]1CCCN1. The highest BCUT2D eigenvalue weighted by atomic mass is 79.9. The molecule has 1 aliphatic rings. The maximum atomic E-state index is 6.61. The van der Waals surface area contributed by atoms with Crippen molar-refractivity contribution in [2.45, 2.75) is 37.8 Å². The molecule has 1 aromatic rings. The molecule has 3 N–H and O–H groups in total. The zero-order valence-electron chi connectivity index (χ0n) is 9.67. The number of rotatable bonds is 3. The topological polar surface area (TPSA) is 38.0 Å². The van der Waals surface area contributed by atoms with Crippen molar-refractivity contribution in [1.82, 2.24) is 5.32 Å². The zero-order chi connectivity index (χ0) is 11.6. The Balaban J connectivity index is 2.32. The summed E-state index contributed by atoms with van der Waals surface area (Å²) in [5.41, 5.74) is 7.60. The van der Waals surface area contributed by atoms with Crippen molar-refractivity contribution in [3.63, 3.8) is 0 Å². The summed E-state index contributed by atoms with van der Waals surface area (Å²) in [7, 11) is 0. The van der Waals surface area contributed by atoms with Gasteiger partial charge < -0.3 is 11.1 Å². The predicted molar refractivity (Wildman–Crippen MR) is 71.3 cm³/mol. The zero-order valence-corrected chi connectivity index (χ0v) is 11.3. The smallest absolute Gasteiger partial charge is 0.0562 e. The van der Waals surface area contributed by atoms with E-state index in [1.807, 2.05) is 6.07 Å². The Kier molecular flexibility index (Phi) is 3.67. The lowest BCUT2D eigenvalue weighted by atomic mass is 9.81. The second-order valence-corrected chi connectivity index (χ2v) is 5.47. The van der Waals surface area contributed by atoms with Crippen LogP contribution in [0.2, 0.25) is 0 Å². The third-order valence-corrected chi connectivity index (χ3v) is 4.12. The third-order valence-electron chi connectivity index (χ3n) is 3.63. The normalized spacial score (nSPS) is 24.3. The van der Waals surface area contributed by atoms with Gasteiger partial charge in [-0.15, -0.1) is 0 Å². The summed E-state index contributed by atoms with van der Waals surface area (Å²) >= 11 is 3.52. The van der Waals surface area contributed by atoms with Crippen molar-refractivity contribution in [3.05, 3.63) is 34.3 Å². The summed E-state index contributed by atoms with van der Waals surface area (Å²) in [6.45, 7) is 3.26. The van der Waals surface area contributed by atoms with E-state index in [2.05, 4.69) is 46.4 Å². The first-order chi connectivity index (χ1) is 7.66. The van der Waals surface area contributed by atoms with Gasteiger partial charge in [-0.1, -0.05) is 35.0 Å². The van der Waals surface area contributed by atoms with Crippen molar-refractivity contribution < 1.29 is 0 Å². The summed E-state index contributed by atoms with van der Waals surface area (Å²) in [5.74, 6) is 0. The summed E-state index contributed by atoms with van der Waals surface area (Å²) < 4.78 is 1.10. The molecule has 2 nitrogen and oxygen atoms in total. The fourth-order valence-electron chi connectivity index (χ4n) is 2.55. The second-order valence-electron chi connectivity index (χ2n) is 4.55. The molecule has 0 aliphatic carbocycles. The van der Waals surface area contributed by atoms with Gasteiger partial charge in [-0.05, 0) is 43.5 Å². The lowest BCUT2D eigenvalue weighted by molar-refractivity contribution is 0.315. The Bertz CT molecular complexity index is 361. The molecule has 16 heavy (non-hydrogen) atoms. The first-order valence-electron chi connectivity index (χ1n) is 5.95. The molecule has 0 bridgehead atoms. The minimum Gasteiger partial charge on any atom is -0.320 e. The van der Waals surface area contributed by atoms with Gasteiger partial charge in [-0.25, -0.2) is 0 Å². The van der Waals surface area contributed by atoms with E-state index in [4.69, 9.17) is 5.73 Å². The highest BCUT2D eigenvalue weighted by Crippen LogP contribution is 2.31. The Morgan fingerprint density at radius 2 is 2.38 bits per heavy atom. The van der Waals surface area contributed by atoms with Crippen LogP contribution < -0.4 is 11.1 Å². The van der Waals surface area contributed by atoms with Gasteiger partial charge in [0.25, 0.3) is 0 Å². The van der Waals surface area contributed by atoms with E-state index >= 15 is 0 Å². The molecule has 0 radical (unpaired) electrons. The quantitative estimate of drug-likeness (QED) is 0.895. The molecule has 0 saturated carbocycles. The van der Waals surface area contributed by atoms with Gasteiger partial charge in [0.1, 0.15) is 0 Å². The number of hydrogen-bond acceptors (Lipinski definition) is 2. The standard InChI is InChI=1S/C13H19BrN2/c1-2-13(15,12-7-4-8-16-12)10-5-3-6-11(14)9-10/h3,5-6,9,12,16H,2,4,7-8,15H2,1H3/t12-,13?/m0/s1. The van der Waals surface area contributed by atoms with E-state index in [9.17, 15) is 0 Å². The van der Waals surface area contributed by atoms with Crippen LogP contribution >= 0.6 is 15.9 Å². The highest BCUT2D eigenvalue weighted by Gasteiger charge is 2.36. The maximum Gasteiger partial charge on any atom is 0.0562 e. The molecule has 0 spiro atoms. The van der Waals surface area contributed by atoms with Gasteiger partial charge in [0.15, 0.2) is 0 Å². The summed E-state index contributed by atoms with van der Waals surface area (Å²) in [6.07, 6.45) is 3.37. The fraction of sp³-hybridized carbons (Fsp3) is 0.538. The average Bonchev–Trinajstić information content (AvgIpc) is 2.82. The Morgan fingerprint density at radius 1 is 1.56 bits per heavy atom. The van der Waals surface area contributed by atoms with Crippen LogP contribution in [0.25, 0.3) is 0 Å². The predicted octanol–water partition coefficient (Wildman–Crippen LogP) is 2.77. The molecule has 0 aromatic heterocycles. The number of benzene rings is 1. The highest BCUT2D eigenvalue weighted by molar-refractivity contribution is 9.10. The number of nitrogens with two attached hydrogens (primary N) is 1. The lowest BCUT2D eigenvalue weighted by Gasteiger charge is -2.35. The molecule has 1 aromatic carbocycles. The molecule has 1 saturated heterocycles. The lowest BCUT2D eigenvalue weighted by Crippen LogP contribution is -2.51. The van der Waals surface area contributed by atoms with Crippen molar-refractivity contribution in [3.8, 4) is 0 Å². The molecular formula is C13H19BrN2. The van der Waals surface area contributed by atoms with Crippen molar-refractivity contribution in [1.29, 1.82) is 0 Å². The van der Waals surface area contributed by atoms with Crippen molar-refractivity contribution >= 4 is 15.9 Å².